The molecule has 0 unspecified atom stereocenters. The molecule has 3 aromatic rings. The first kappa shape index (κ1) is 78.7. The van der Waals surface area contributed by atoms with Crippen LogP contribution in [0, 0.1) is 11.2 Å². The maximum Gasteiger partial charge on any atom is 0.254 e. The van der Waals surface area contributed by atoms with Crippen molar-refractivity contribution >= 4 is 59.1 Å². The summed E-state index contributed by atoms with van der Waals surface area (Å²) in [5, 5.41) is 136. The van der Waals surface area contributed by atoms with Crippen LogP contribution in [0.5, 0.6) is 11.5 Å². The third kappa shape index (κ3) is 22.6. The summed E-state index contributed by atoms with van der Waals surface area (Å²) in [6.07, 6.45) is -9.80. The van der Waals surface area contributed by atoms with E-state index in [1.54, 1.807) is 0 Å². The number of aliphatic hydroxyl groups excluding tert-OH is 7. The van der Waals surface area contributed by atoms with Gasteiger partial charge in [-0.25, -0.2) is 9.37 Å². The molecule has 1 aromatic heterocycles. The van der Waals surface area contributed by atoms with Crippen molar-refractivity contribution in [3.8, 4) is 11.5 Å². The second-order valence-corrected chi connectivity index (χ2v) is 24.1. The Morgan fingerprint density at radius 1 is 0.656 bits per heavy atom. The number of rotatable bonds is 34. The lowest BCUT2D eigenvalue weighted by Gasteiger charge is -2.36. The number of ether oxygens (including phenoxy) is 1. The van der Waals surface area contributed by atoms with Gasteiger partial charge in [0.05, 0.1) is 55.3 Å². The Morgan fingerprint density at radius 2 is 1.19 bits per heavy atom. The number of methoxy groups -OCH3 is 1. The summed E-state index contributed by atoms with van der Waals surface area (Å²) in [5.41, 5.74) is -5.24. The van der Waals surface area contributed by atoms with Crippen molar-refractivity contribution in [3.05, 3.63) is 77.6 Å². The minimum absolute atomic E-state index is 0.00849. The fraction of sp³-hybridized carbons (Fsp3) is 0.569. The predicted molar refractivity (Wildman–Crippen MR) is 321 cm³/mol. The smallest absolute Gasteiger partial charge is 0.254 e. The van der Waals surface area contributed by atoms with Crippen molar-refractivity contribution in [1.82, 2.24) is 62.3 Å². The molecule has 0 saturated heterocycles. The molecule has 10 amide bonds. The summed E-state index contributed by atoms with van der Waals surface area (Å²) in [7, 11) is 3.49. The molecule has 0 fully saturated rings. The number of aromatic hydroxyl groups is 2. The number of carbonyl (C=O) groups excluding carboxylic acids is 10. The largest absolute Gasteiger partial charge is 0.504 e. The Hall–Kier alpha value is -8.52. The number of amides is 10. The molecule has 20 N–H and O–H groups in total. The predicted octanol–water partition coefficient (Wildman–Crippen LogP) is -7.42. The van der Waals surface area contributed by atoms with Crippen LogP contribution < -0.4 is 47.9 Å². The lowest BCUT2D eigenvalue weighted by molar-refractivity contribution is -0.156. The number of benzene rings is 2. The Kier molecular flexibility index (Phi) is 29.1. The van der Waals surface area contributed by atoms with E-state index in [-0.39, 0.29) is 23.4 Å². The van der Waals surface area contributed by atoms with Gasteiger partial charge < -0.3 is 118 Å². The van der Waals surface area contributed by atoms with Gasteiger partial charge in [0.1, 0.15) is 66.4 Å². The average Bonchev–Trinajstić information content (AvgIpc) is 1.77. The number of nitrogens with one attached hydrogen (secondary N) is 9. The zero-order valence-corrected chi connectivity index (χ0v) is 53.1. The van der Waals surface area contributed by atoms with E-state index >= 15 is 0 Å². The van der Waals surface area contributed by atoms with Gasteiger partial charge in [-0.3, -0.25) is 47.9 Å². The highest BCUT2D eigenvalue weighted by Crippen LogP contribution is 2.28. The number of aryl methyl sites for hydroxylation is 1. The standard InChI is InChI=1S/C58H87FN12O22/c1-27(74)39(77)51(86)67-38(41(79)34-21-60-26-70(34)9)50(85)62-22-36(93-11)42(80)43(81)55(90)71(10)33(19-28-15-17-30(59)18-16-28)49(84)63-23-37(76)66-45(57(5,6)91)53(88)65-32(25-73)48(83)69-46(58(7,8)92)54(89)68-44(56(2,3)4)52(87)64-31(24-72)47(82)61-20-29-13-12-14-35(75)40(29)78/h12-18,21,26-27,31-33,36,38-39,41-46,72-75,77-81,91-92H,19-20,22-25H2,1-11H3,(H,61,82)(H,62,85)(H,63,84)(H,64,87)(H,65,88)(H,66,76)(H,67,86)(H,68,89)(H,69,83)/t27-,31-,32-,33-,36-,38+,39+,41+,42-,43-,44+,45+,46+/m0/s1. The van der Waals surface area contributed by atoms with Gasteiger partial charge in [-0.15, -0.1) is 0 Å². The third-order valence-corrected chi connectivity index (χ3v) is 14.5. The number of nitrogens with zero attached hydrogens (tertiary/aromatic N) is 3. The lowest BCUT2D eigenvalue weighted by atomic mass is 9.85. The van der Waals surface area contributed by atoms with E-state index in [0.717, 1.165) is 60.9 Å². The molecule has 13 atom stereocenters. The number of aliphatic hydroxyl groups is 9. The van der Waals surface area contributed by atoms with Crippen molar-refractivity contribution in [2.45, 2.75) is 158 Å². The van der Waals surface area contributed by atoms with Crippen LogP contribution in [0.3, 0.4) is 0 Å². The number of imidazole rings is 1. The van der Waals surface area contributed by atoms with Gasteiger partial charge in [0.25, 0.3) is 11.8 Å². The number of likely N-dealkylation sites (N-methyl/N-ethyl adjacent to an activating group) is 1. The van der Waals surface area contributed by atoms with Crippen molar-refractivity contribution in [2.75, 3.05) is 40.5 Å². The van der Waals surface area contributed by atoms with Gasteiger partial charge in [-0.2, -0.15) is 0 Å². The summed E-state index contributed by atoms with van der Waals surface area (Å²) in [5.74, 6) is -13.6. The molecule has 0 spiro atoms. The topological polar surface area (TPSA) is 532 Å². The van der Waals surface area contributed by atoms with Gasteiger partial charge in [0.2, 0.25) is 47.3 Å². The molecule has 0 saturated carbocycles. The summed E-state index contributed by atoms with van der Waals surface area (Å²) >= 11 is 0. The minimum Gasteiger partial charge on any atom is -0.504 e. The first-order valence-corrected chi connectivity index (χ1v) is 28.8. The Bertz CT molecular complexity index is 3080. The van der Waals surface area contributed by atoms with Gasteiger partial charge in [-0.05, 0) is 63.8 Å². The molecule has 1 heterocycles. The summed E-state index contributed by atoms with van der Waals surface area (Å²) in [6, 6.07) is -4.25. The van der Waals surface area contributed by atoms with Crippen LogP contribution >= 0.6 is 0 Å². The molecule has 0 aliphatic rings. The SMILES string of the molecule is CO[C@@H](CNC(=O)[C@H](NC(=O)[C@H](O)[C@H](C)O)[C@H](O)c1cncn1C)[C@H](O)[C@H](O)C(=O)N(C)[C@@H](Cc1ccc(F)cc1)C(=O)NCC(=O)N[C@H](C(=O)N[C@@H](CO)C(=O)N[C@H](C(=O)N[C@H](C(=O)N[C@@H](CO)C(=O)NCc1cccc(O)c1O)C(C)(C)C)C(C)(C)O)C(C)(C)O. The Morgan fingerprint density at radius 3 is 1.71 bits per heavy atom. The zero-order valence-electron chi connectivity index (χ0n) is 53.1. The molecule has 0 aliphatic carbocycles. The number of halogens is 1. The van der Waals surface area contributed by atoms with E-state index in [1.165, 1.54) is 75.2 Å². The van der Waals surface area contributed by atoms with Crippen LogP contribution in [0.2, 0.25) is 0 Å². The third-order valence-electron chi connectivity index (χ3n) is 14.5. The van der Waals surface area contributed by atoms with Crippen LogP contribution in [0.15, 0.2) is 55.0 Å². The molecule has 3 rings (SSSR count). The van der Waals surface area contributed by atoms with E-state index < -0.39 is 205 Å². The number of phenolic OH excluding ortho intramolecular Hbond substituents is 2. The van der Waals surface area contributed by atoms with Gasteiger partial charge in [-0.1, -0.05) is 45.0 Å². The fourth-order valence-electron chi connectivity index (χ4n) is 8.88. The van der Waals surface area contributed by atoms with Crippen molar-refractivity contribution in [2.24, 2.45) is 12.5 Å². The molecule has 0 aliphatic heterocycles. The van der Waals surface area contributed by atoms with E-state index in [1.807, 2.05) is 0 Å². The van der Waals surface area contributed by atoms with Crippen molar-refractivity contribution < 1.29 is 113 Å². The van der Waals surface area contributed by atoms with E-state index in [4.69, 9.17) is 4.74 Å². The minimum atomic E-state index is -2.45. The Labute approximate surface area is 533 Å². The normalized spacial score (nSPS) is 16.1. The highest BCUT2D eigenvalue weighted by molar-refractivity contribution is 5.98. The number of hydrogen-bond donors (Lipinski definition) is 20. The Balaban J connectivity index is 1.77. The van der Waals surface area contributed by atoms with Crippen LogP contribution in [0.4, 0.5) is 4.39 Å². The average molecular weight is 1320 g/mol. The molecule has 93 heavy (non-hydrogen) atoms. The molecule has 518 valence electrons. The maximum absolute atomic E-state index is 14.0. The van der Waals surface area contributed by atoms with Crippen LogP contribution in [0.1, 0.15) is 78.3 Å². The van der Waals surface area contributed by atoms with Gasteiger partial charge in [0.15, 0.2) is 23.7 Å². The van der Waals surface area contributed by atoms with Crippen LogP contribution in [-0.2, 0) is 72.7 Å². The van der Waals surface area contributed by atoms with Crippen LogP contribution in [-0.4, -0.2) is 254 Å². The summed E-state index contributed by atoms with van der Waals surface area (Å²) in [6.45, 7) is 5.61. The maximum atomic E-state index is 14.0. The first-order valence-electron chi connectivity index (χ1n) is 28.8. The van der Waals surface area contributed by atoms with E-state index in [0.29, 0.717) is 4.90 Å². The number of aromatic nitrogens is 2. The molecular formula is C58H87FN12O22. The summed E-state index contributed by atoms with van der Waals surface area (Å²) in [4.78, 5) is 141. The molecular weight excluding hydrogens is 1240 g/mol. The molecule has 35 heteroatoms. The highest BCUT2D eigenvalue weighted by atomic mass is 19.1. The van der Waals surface area contributed by atoms with E-state index in [2.05, 4.69) is 52.8 Å². The fourth-order valence-corrected chi connectivity index (χ4v) is 8.88. The number of carbonyl (C=O) groups is 10. The second kappa shape index (κ2) is 34.4. The van der Waals surface area contributed by atoms with Gasteiger partial charge in [0, 0.05) is 46.3 Å². The molecule has 2 aromatic carbocycles. The molecule has 34 nitrogen and oxygen atoms in total. The van der Waals surface area contributed by atoms with Crippen molar-refractivity contribution in [1.29, 1.82) is 0 Å². The second-order valence-electron chi connectivity index (χ2n) is 24.1. The quantitative estimate of drug-likeness (QED) is 0.0247. The highest BCUT2D eigenvalue weighted by Gasteiger charge is 2.44. The van der Waals surface area contributed by atoms with Crippen molar-refractivity contribution in [3.63, 3.8) is 0 Å². The first-order chi connectivity index (χ1) is 43.1. The zero-order chi connectivity index (χ0) is 70.8. The lowest BCUT2D eigenvalue weighted by Crippen LogP contribution is -2.66. The molecule has 0 radical (unpaired) electrons. The number of hydrogen-bond acceptors (Lipinski definition) is 23. The monoisotopic (exact) mass is 1320 g/mol. The summed E-state index contributed by atoms with van der Waals surface area (Å²) < 4.78 is 20.6. The van der Waals surface area contributed by atoms with E-state index in [9.17, 15) is 109 Å². The van der Waals surface area contributed by atoms with Crippen LogP contribution in [0.25, 0.3) is 0 Å². The number of para-hydroxylation sites is 1. The van der Waals surface area contributed by atoms with Gasteiger partial charge >= 0.3 is 0 Å². The number of phenols is 2. The molecule has 0 bridgehead atoms.